The van der Waals surface area contributed by atoms with E-state index in [0.29, 0.717) is 0 Å². The summed E-state index contributed by atoms with van der Waals surface area (Å²) in [5.41, 5.74) is 8.73. The summed E-state index contributed by atoms with van der Waals surface area (Å²) in [7, 11) is 0. The van der Waals surface area contributed by atoms with E-state index in [2.05, 4.69) is 34.0 Å². The summed E-state index contributed by atoms with van der Waals surface area (Å²) < 4.78 is 5.93. The Bertz CT molecular complexity index is 626. The summed E-state index contributed by atoms with van der Waals surface area (Å²) in [6.45, 7) is 5.34. The molecule has 0 aromatic heterocycles. The largest absolute Gasteiger partial charge is 0.494 e. The van der Waals surface area contributed by atoms with Gasteiger partial charge in [-0.2, -0.15) is 0 Å². The molecule has 0 atom stereocenters. The Morgan fingerprint density at radius 2 is 1.73 bits per heavy atom. The quantitative estimate of drug-likeness (QED) is 0.489. The molecule has 0 aliphatic carbocycles. The van der Waals surface area contributed by atoms with Gasteiger partial charge in [0.05, 0.1) is 6.61 Å². The number of hydrazine groups is 1. The molecule has 4 nitrogen and oxygen atoms in total. The second kappa shape index (κ2) is 10.8. The molecule has 2 aromatic rings. The first-order valence-corrected chi connectivity index (χ1v) is 9.88. The van der Waals surface area contributed by atoms with Gasteiger partial charge >= 0.3 is 0 Å². The minimum atomic E-state index is 0.751. The number of hydrogen-bond acceptors (Lipinski definition) is 4. The molecule has 1 aliphatic heterocycles. The molecule has 1 aliphatic rings. The van der Waals surface area contributed by atoms with E-state index in [1.54, 1.807) is 0 Å². The summed E-state index contributed by atoms with van der Waals surface area (Å²) in [6.07, 6.45) is 6.50. The van der Waals surface area contributed by atoms with Crippen LogP contribution in [0.4, 0.5) is 5.69 Å². The lowest BCUT2D eigenvalue weighted by Crippen LogP contribution is -2.30. The maximum atomic E-state index is 5.93. The molecule has 2 aromatic carbocycles. The van der Waals surface area contributed by atoms with Gasteiger partial charge in [0.1, 0.15) is 5.75 Å². The number of nitrogens with zero attached hydrogens (tertiary/aromatic N) is 1. The van der Waals surface area contributed by atoms with Crippen LogP contribution < -0.4 is 15.6 Å². The van der Waals surface area contributed by atoms with Crippen molar-refractivity contribution in [3.63, 3.8) is 0 Å². The van der Waals surface area contributed by atoms with Crippen molar-refractivity contribution >= 4 is 5.69 Å². The highest BCUT2D eigenvalue weighted by Crippen LogP contribution is 2.14. The molecule has 140 valence electrons. The summed E-state index contributed by atoms with van der Waals surface area (Å²) >= 11 is 0. The fraction of sp³-hybridized carbons (Fsp3) is 0.455. The monoisotopic (exact) mass is 353 g/mol. The highest BCUT2D eigenvalue weighted by molar-refractivity contribution is 5.41. The Morgan fingerprint density at radius 1 is 0.885 bits per heavy atom. The Balaban J connectivity index is 1.31. The van der Waals surface area contributed by atoms with Gasteiger partial charge in [0.15, 0.2) is 0 Å². The second-order valence-corrected chi connectivity index (χ2v) is 6.95. The van der Waals surface area contributed by atoms with Crippen LogP contribution in [-0.2, 0) is 6.54 Å². The van der Waals surface area contributed by atoms with Crippen molar-refractivity contribution in [1.29, 1.82) is 0 Å². The van der Waals surface area contributed by atoms with Crippen molar-refractivity contribution in [2.45, 2.75) is 38.6 Å². The lowest BCUT2D eigenvalue weighted by atomic mass is 10.1. The zero-order valence-electron chi connectivity index (χ0n) is 15.6. The van der Waals surface area contributed by atoms with Gasteiger partial charge in [0.25, 0.3) is 0 Å². The molecule has 3 rings (SSSR count). The lowest BCUT2D eigenvalue weighted by molar-refractivity contribution is 0.216. The molecule has 1 saturated heterocycles. The van der Waals surface area contributed by atoms with Gasteiger partial charge in [-0.25, -0.2) is 5.43 Å². The van der Waals surface area contributed by atoms with E-state index in [4.69, 9.17) is 4.74 Å². The van der Waals surface area contributed by atoms with E-state index in [9.17, 15) is 0 Å². The zero-order valence-corrected chi connectivity index (χ0v) is 15.6. The summed E-state index contributed by atoms with van der Waals surface area (Å²) in [4.78, 5) is 2.59. The molecule has 1 heterocycles. The van der Waals surface area contributed by atoms with E-state index in [1.807, 2.05) is 36.4 Å². The topological polar surface area (TPSA) is 36.5 Å². The van der Waals surface area contributed by atoms with Crippen molar-refractivity contribution in [1.82, 2.24) is 10.3 Å². The third kappa shape index (κ3) is 6.70. The van der Waals surface area contributed by atoms with Crippen molar-refractivity contribution in [2.24, 2.45) is 0 Å². The SMILES string of the molecule is c1ccc(NNCc2cccc(OCCCCN3CCCCC3)c2)cc1. The van der Waals surface area contributed by atoms with Gasteiger partial charge in [-0.3, -0.25) is 0 Å². The van der Waals surface area contributed by atoms with Crippen LogP contribution in [0, 0.1) is 0 Å². The molecule has 0 saturated carbocycles. The van der Waals surface area contributed by atoms with Crippen molar-refractivity contribution < 1.29 is 4.74 Å². The third-order valence-corrected chi connectivity index (χ3v) is 4.78. The van der Waals surface area contributed by atoms with Gasteiger partial charge in [-0.15, -0.1) is 0 Å². The van der Waals surface area contributed by atoms with Crippen LogP contribution in [0.2, 0.25) is 0 Å². The maximum Gasteiger partial charge on any atom is 0.119 e. The Morgan fingerprint density at radius 3 is 2.58 bits per heavy atom. The molecular formula is C22H31N3O. The average Bonchev–Trinajstić information content (AvgIpc) is 2.70. The number of rotatable bonds is 10. The smallest absolute Gasteiger partial charge is 0.119 e. The predicted octanol–water partition coefficient (Wildman–Crippen LogP) is 4.45. The molecule has 0 bridgehead atoms. The van der Waals surface area contributed by atoms with E-state index >= 15 is 0 Å². The number of piperidine rings is 1. The minimum absolute atomic E-state index is 0.751. The predicted molar refractivity (Wildman–Crippen MR) is 108 cm³/mol. The number of ether oxygens (including phenoxy) is 1. The van der Waals surface area contributed by atoms with Crippen LogP contribution in [0.5, 0.6) is 5.75 Å². The number of unbranched alkanes of at least 4 members (excludes halogenated alkanes) is 1. The first-order valence-electron chi connectivity index (χ1n) is 9.88. The van der Waals surface area contributed by atoms with Crippen LogP contribution >= 0.6 is 0 Å². The van der Waals surface area contributed by atoms with Gasteiger partial charge < -0.3 is 15.1 Å². The summed E-state index contributed by atoms with van der Waals surface area (Å²) in [5, 5.41) is 0. The molecule has 4 heteroatoms. The van der Waals surface area contributed by atoms with Crippen molar-refractivity contribution in [3.8, 4) is 5.75 Å². The van der Waals surface area contributed by atoms with Gasteiger partial charge in [-0.05, 0) is 75.1 Å². The highest BCUT2D eigenvalue weighted by Gasteiger charge is 2.08. The Labute approximate surface area is 157 Å². The van der Waals surface area contributed by atoms with E-state index in [0.717, 1.165) is 31.0 Å². The minimum Gasteiger partial charge on any atom is -0.494 e. The number of benzene rings is 2. The summed E-state index contributed by atoms with van der Waals surface area (Å²) in [5.74, 6) is 0.960. The zero-order chi connectivity index (χ0) is 17.9. The number of nitrogens with one attached hydrogen (secondary N) is 2. The van der Waals surface area contributed by atoms with Crippen molar-refractivity contribution in [3.05, 3.63) is 60.2 Å². The van der Waals surface area contributed by atoms with Gasteiger partial charge in [-0.1, -0.05) is 36.8 Å². The molecule has 26 heavy (non-hydrogen) atoms. The normalized spacial score (nSPS) is 14.9. The molecule has 0 amide bonds. The number of para-hydroxylation sites is 1. The number of likely N-dealkylation sites (tertiary alicyclic amines) is 1. The first-order chi connectivity index (χ1) is 12.9. The highest BCUT2D eigenvalue weighted by atomic mass is 16.5. The van der Waals surface area contributed by atoms with Crippen LogP contribution in [-0.4, -0.2) is 31.1 Å². The molecule has 2 N–H and O–H groups in total. The molecule has 0 radical (unpaired) electrons. The van der Waals surface area contributed by atoms with Crippen LogP contribution in [0.15, 0.2) is 54.6 Å². The van der Waals surface area contributed by atoms with Crippen LogP contribution in [0.3, 0.4) is 0 Å². The van der Waals surface area contributed by atoms with Gasteiger partial charge in [0.2, 0.25) is 0 Å². The van der Waals surface area contributed by atoms with Crippen LogP contribution in [0.25, 0.3) is 0 Å². The third-order valence-electron chi connectivity index (χ3n) is 4.78. The fourth-order valence-corrected chi connectivity index (χ4v) is 3.33. The Kier molecular flexibility index (Phi) is 7.81. The van der Waals surface area contributed by atoms with E-state index < -0.39 is 0 Å². The van der Waals surface area contributed by atoms with Gasteiger partial charge in [0, 0.05) is 12.2 Å². The maximum absolute atomic E-state index is 5.93. The van der Waals surface area contributed by atoms with E-state index in [1.165, 1.54) is 50.9 Å². The lowest BCUT2D eigenvalue weighted by Gasteiger charge is -2.26. The second-order valence-electron chi connectivity index (χ2n) is 6.95. The standard InChI is InChI=1S/C22H31N3O/c1-3-11-21(12-4-1)24-23-19-20-10-9-13-22(18-20)26-17-8-7-16-25-14-5-2-6-15-25/h1,3-4,9-13,18,23-24H,2,5-8,14-17,19H2. The molecule has 1 fully saturated rings. The molecule has 0 spiro atoms. The van der Waals surface area contributed by atoms with Crippen molar-refractivity contribution in [2.75, 3.05) is 31.7 Å². The molecular weight excluding hydrogens is 322 g/mol. The number of anilines is 1. The van der Waals surface area contributed by atoms with Crippen LogP contribution in [0.1, 0.15) is 37.7 Å². The summed E-state index contributed by atoms with van der Waals surface area (Å²) in [6, 6.07) is 18.5. The van der Waals surface area contributed by atoms with E-state index in [-0.39, 0.29) is 0 Å². The number of hydrogen-bond donors (Lipinski definition) is 2. The average molecular weight is 354 g/mol. The fourth-order valence-electron chi connectivity index (χ4n) is 3.33. The first kappa shape index (κ1) is 18.7. The molecule has 0 unspecified atom stereocenters. The Hall–Kier alpha value is -2.04.